The second-order valence-corrected chi connectivity index (χ2v) is 4.28. The van der Waals surface area contributed by atoms with Crippen LogP contribution in [-0.4, -0.2) is 16.1 Å². The maximum atomic E-state index is 12.1. The Morgan fingerprint density at radius 2 is 2.00 bits per heavy atom. The van der Waals surface area contributed by atoms with Crippen LogP contribution >= 0.6 is 11.6 Å². The Balaban J connectivity index is 3.07. The molecule has 1 aromatic heterocycles. The van der Waals surface area contributed by atoms with Gasteiger partial charge in [0.2, 0.25) is 0 Å². The summed E-state index contributed by atoms with van der Waals surface area (Å²) in [7, 11) is 0. The molecule has 0 saturated heterocycles. The van der Waals surface area contributed by atoms with Gasteiger partial charge in [0.1, 0.15) is 5.69 Å². The van der Waals surface area contributed by atoms with Crippen molar-refractivity contribution in [2.24, 2.45) is 0 Å². The lowest BCUT2D eigenvalue weighted by Gasteiger charge is -2.08. The molecule has 0 bridgehead atoms. The first-order valence-electron chi connectivity index (χ1n) is 4.98. The summed E-state index contributed by atoms with van der Waals surface area (Å²) in [5.74, 6) is -1.15. The van der Waals surface area contributed by atoms with E-state index in [9.17, 15) is 9.59 Å². The van der Waals surface area contributed by atoms with E-state index in [0.717, 1.165) is 5.56 Å². The molecule has 0 spiro atoms. The number of rotatable bonds is 1. The lowest BCUT2D eigenvalue weighted by atomic mass is 10.1. The van der Waals surface area contributed by atoms with Gasteiger partial charge in [-0.05, 0) is 25.5 Å². The molecule has 0 amide bonds. The van der Waals surface area contributed by atoms with Gasteiger partial charge >= 0.3 is 5.97 Å². The molecule has 4 nitrogen and oxygen atoms in total. The van der Waals surface area contributed by atoms with Crippen molar-refractivity contribution in [2.75, 3.05) is 0 Å². The number of aromatic nitrogens is 1. The van der Waals surface area contributed by atoms with Gasteiger partial charge in [-0.1, -0.05) is 17.7 Å². The maximum Gasteiger partial charge on any atom is 0.352 e. The number of hydrogen-bond acceptors (Lipinski definition) is 2. The average Bonchev–Trinajstić information content (AvgIpc) is 2.27. The van der Waals surface area contributed by atoms with Gasteiger partial charge in [0.25, 0.3) is 0 Å². The highest BCUT2D eigenvalue weighted by molar-refractivity contribution is 6.35. The Morgan fingerprint density at radius 3 is 2.59 bits per heavy atom. The molecule has 2 N–H and O–H groups in total. The first kappa shape index (κ1) is 11.7. The van der Waals surface area contributed by atoms with Gasteiger partial charge in [-0.2, -0.15) is 0 Å². The summed E-state index contributed by atoms with van der Waals surface area (Å²) < 4.78 is 0. The van der Waals surface area contributed by atoms with Crippen molar-refractivity contribution in [1.82, 2.24) is 4.98 Å². The summed E-state index contributed by atoms with van der Waals surface area (Å²) in [6.45, 7) is 3.26. The van der Waals surface area contributed by atoms with Crippen LogP contribution in [0.15, 0.2) is 16.9 Å². The molecule has 0 atom stereocenters. The predicted molar refractivity (Wildman–Crippen MR) is 66.0 cm³/mol. The van der Waals surface area contributed by atoms with Crippen molar-refractivity contribution in [2.45, 2.75) is 13.8 Å². The highest BCUT2D eigenvalue weighted by atomic mass is 35.5. The van der Waals surface area contributed by atoms with Crippen molar-refractivity contribution >= 4 is 28.5 Å². The molecule has 0 saturated carbocycles. The van der Waals surface area contributed by atoms with E-state index in [-0.39, 0.29) is 16.7 Å². The van der Waals surface area contributed by atoms with E-state index in [4.69, 9.17) is 16.7 Å². The van der Waals surface area contributed by atoms with Crippen molar-refractivity contribution in [3.05, 3.63) is 44.2 Å². The molecule has 17 heavy (non-hydrogen) atoms. The van der Waals surface area contributed by atoms with Crippen molar-refractivity contribution in [3.8, 4) is 0 Å². The number of nitrogens with one attached hydrogen (secondary N) is 1. The minimum Gasteiger partial charge on any atom is -0.477 e. The Morgan fingerprint density at radius 1 is 1.35 bits per heavy atom. The molecule has 0 aliphatic heterocycles. The molecule has 2 aromatic rings. The van der Waals surface area contributed by atoms with Gasteiger partial charge in [0.15, 0.2) is 5.43 Å². The fraction of sp³-hybridized carbons (Fsp3) is 0.167. The van der Waals surface area contributed by atoms with Crippen molar-refractivity contribution in [1.29, 1.82) is 0 Å². The number of carbonyl (C=O) groups is 1. The zero-order valence-electron chi connectivity index (χ0n) is 9.30. The van der Waals surface area contributed by atoms with Gasteiger partial charge in [0.05, 0.1) is 15.9 Å². The summed E-state index contributed by atoms with van der Waals surface area (Å²) in [5, 5.41) is 9.67. The molecule has 0 aliphatic rings. The molecular formula is C12H10ClNO3. The van der Waals surface area contributed by atoms with Gasteiger partial charge in [0, 0.05) is 5.56 Å². The summed E-state index contributed by atoms with van der Waals surface area (Å²) in [4.78, 5) is 25.8. The van der Waals surface area contributed by atoms with Crippen LogP contribution in [0.2, 0.25) is 5.02 Å². The van der Waals surface area contributed by atoms with Crippen molar-refractivity contribution < 1.29 is 9.90 Å². The Kier molecular flexibility index (Phi) is 2.67. The zero-order chi connectivity index (χ0) is 12.7. The number of carboxylic acid groups (broad SMARTS) is 1. The largest absolute Gasteiger partial charge is 0.477 e. The number of carboxylic acids is 1. The van der Waals surface area contributed by atoms with Crippen LogP contribution in [-0.2, 0) is 0 Å². The summed E-state index contributed by atoms with van der Waals surface area (Å²) in [6.07, 6.45) is 0. The smallest absolute Gasteiger partial charge is 0.352 e. The van der Waals surface area contributed by atoms with E-state index in [1.807, 2.05) is 0 Å². The first-order chi connectivity index (χ1) is 7.93. The Bertz CT molecular complexity index is 688. The predicted octanol–water partition coefficient (Wildman–Crippen LogP) is 2.50. The lowest BCUT2D eigenvalue weighted by molar-refractivity contribution is 0.0690. The fourth-order valence-corrected chi connectivity index (χ4v) is 2.04. The molecule has 0 aliphatic carbocycles. The van der Waals surface area contributed by atoms with Crippen molar-refractivity contribution in [3.63, 3.8) is 0 Å². The molecule has 0 fully saturated rings. The molecule has 1 aromatic carbocycles. The molecule has 0 unspecified atom stereocenters. The normalized spacial score (nSPS) is 10.8. The molecule has 1 heterocycles. The number of hydrogen-bond donors (Lipinski definition) is 2. The van der Waals surface area contributed by atoms with Crippen LogP contribution in [0.4, 0.5) is 0 Å². The van der Waals surface area contributed by atoms with Gasteiger partial charge in [-0.25, -0.2) is 4.79 Å². The van der Waals surface area contributed by atoms with E-state index in [0.29, 0.717) is 15.9 Å². The average molecular weight is 252 g/mol. The number of halogens is 1. The highest BCUT2D eigenvalue weighted by Crippen LogP contribution is 2.23. The fourth-order valence-electron chi connectivity index (χ4n) is 1.80. The standard InChI is InChI=1S/C12H10ClNO3/c1-5-3-4-7(13)8-9(5)14-10(12(16)17)6(2)11(8)15/h3-4H,1-2H3,(H,14,15)(H,16,17). The van der Waals surface area contributed by atoms with E-state index in [1.165, 1.54) is 6.92 Å². The van der Waals surface area contributed by atoms with Crippen LogP contribution < -0.4 is 5.43 Å². The van der Waals surface area contributed by atoms with Crippen LogP contribution in [0.5, 0.6) is 0 Å². The summed E-state index contributed by atoms with van der Waals surface area (Å²) >= 11 is 5.97. The first-order valence-corrected chi connectivity index (χ1v) is 5.36. The molecule has 2 rings (SSSR count). The zero-order valence-corrected chi connectivity index (χ0v) is 10.1. The third kappa shape index (κ3) is 1.70. The second-order valence-electron chi connectivity index (χ2n) is 3.87. The van der Waals surface area contributed by atoms with Gasteiger partial charge < -0.3 is 10.1 Å². The van der Waals surface area contributed by atoms with Gasteiger partial charge in [-0.15, -0.1) is 0 Å². The van der Waals surface area contributed by atoms with E-state index >= 15 is 0 Å². The maximum absolute atomic E-state index is 12.1. The summed E-state index contributed by atoms with van der Waals surface area (Å²) in [6, 6.07) is 3.37. The molecule has 0 radical (unpaired) electrons. The van der Waals surface area contributed by atoms with Crippen LogP contribution in [0.1, 0.15) is 21.6 Å². The number of aromatic amines is 1. The third-order valence-corrected chi connectivity index (χ3v) is 3.08. The molecule has 88 valence electrons. The number of aryl methyl sites for hydroxylation is 1. The second kappa shape index (κ2) is 3.89. The number of aromatic carboxylic acids is 1. The SMILES string of the molecule is Cc1c(C(=O)O)[nH]c2c(C)ccc(Cl)c2c1=O. The Hall–Kier alpha value is -1.81. The monoisotopic (exact) mass is 251 g/mol. The number of pyridine rings is 1. The molecule has 5 heteroatoms. The minimum absolute atomic E-state index is 0.0899. The molecular weight excluding hydrogens is 242 g/mol. The van der Waals surface area contributed by atoms with Gasteiger partial charge in [-0.3, -0.25) is 4.79 Å². The lowest BCUT2D eigenvalue weighted by Crippen LogP contribution is -2.16. The topological polar surface area (TPSA) is 70.2 Å². The number of H-pyrrole nitrogens is 1. The van der Waals surface area contributed by atoms with Crippen LogP contribution in [0.3, 0.4) is 0 Å². The number of benzene rings is 1. The Labute approximate surface area is 102 Å². The van der Waals surface area contributed by atoms with E-state index < -0.39 is 5.97 Å². The highest BCUT2D eigenvalue weighted by Gasteiger charge is 2.16. The van der Waals surface area contributed by atoms with Crippen LogP contribution in [0.25, 0.3) is 10.9 Å². The number of fused-ring (bicyclic) bond motifs is 1. The third-order valence-electron chi connectivity index (χ3n) is 2.77. The summed E-state index contributed by atoms with van der Waals surface area (Å²) in [5.41, 5.74) is 0.990. The quantitative estimate of drug-likeness (QED) is 0.818. The van der Waals surface area contributed by atoms with E-state index in [2.05, 4.69) is 4.98 Å². The van der Waals surface area contributed by atoms with Crippen LogP contribution in [0, 0.1) is 13.8 Å². The van der Waals surface area contributed by atoms with E-state index in [1.54, 1.807) is 19.1 Å². The minimum atomic E-state index is -1.15.